The second-order valence-electron chi connectivity index (χ2n) is 5.82. The van der Waals surface area contributed by atoms with E-state index in [2.05, 4.69) is 18.1 Å². The molecule has 1 aromatic heterocycles. The van der Waals surface area contributed by atoms with Gasteiger partial charge in [0, 0.05) is 18.2 Å². The Labute approximate surface area is 167 Å². The fraction of sp³-hybridized carbons (Fsp3) is 0.600. The van der Waals surface area contributed by atoms with Gasteiger partial charge in [0.1, 0.15) is 18.1 Å². The largest absolute Gasteiger partial charge is 0.490 e. The number of ether oxygens (including phenoxy) is 1. The molecule has 5 atom stereocenters. The third-order valence-electron chi connectivity index (χ3n) is 3.56. The van der Waals surface area contributed by atoms with E-state index in [1.165, 1.54) is 0 Å². The highest BCUT2D eigenvalue weighted by atomic mass is 31.3. The summed E-state index contributed by atoms with van der Waals surface area (Å²) >= 11 is 0. The first-order chi connectivity index (χ1) is 13.6. The van der Waals surface area contributed by atoms with Gasteiger partial charge in [0.2, 0.25) is 0 Å². The summed E-state index contributed by atoms with van der Waals surface area (Å²) in [6.07, 6.45) is -2.86. The molecule has 1 aliphatic heterocycles. The van der Waals surface area contributed by atoms with Crippen molar-refractivity contribution >= 4 is 29.3 Å². The van der Waals surface area contributed by atoms with Crippen molar-refractivity contribution in [2.24, 2.45) is 0 Å². The lowest BCUT2D eigenvalue weighted by Crippen LogP contribution is -2.29. The molecule has 1 saturated heterocycles. The highest BCUT2D eigenvalue weighted by Crippen LogP contribution is 2.66. The summed E-state index contributed by atoms with van der Waals surface area (Å²) in [5.41, 5.74) is 4.70. The van der Waals surface area contributed by atoms with Crippen molar-refractivity contribution in [3.8, 4) is 0 Å². The lowest BCUT2D eigenvalue weighted by molar-refractivity contribution is -0.0450. The van der Waals surface area contributed by atoms with Crippen molar-refractivity contribution in [1.82, 2.24) is 9.55 Å². The van der Waals surface area contributed by atoms with Crippen LogP contribution in [0.5, 0.6) is 0 Å². The number of nitrogens with zero attached hydrogens (tertiary/aromatic N) is 2. The standard InChI is InChI=1S/C10H18N3O14P3/c11-9-5(3-14)2-13(10(16)12-9)8-1-6(15)7(25-8)4-24-29(20,21)27-30(22,23)26-28(17,18)19/h2,6-8,14-15H,1,3-4H2,(H,20,21)(H,22,23)(H2,11,12,16)(H2,17,18,19)/t6?,7-,8-/m1/s1. The van der Waals surface area contributed by atoms with Crippen molar-refractivity contribution in [2.45, 2.75) is 31.5 Å². The smallest absolute Gasteiger partial charge is 0.391 e. The zero-order chi connectivity index (χ0) is 22.9. The summed E-state index contributed by atoms with van der Waals surface area (Å²) < 4.78 is 51.3. The van der Waals surface area contributed by atoms with E-state index >= 15 is 0 Å². The van der Waals surface area contributed by atoms with Crippen molar-refractivity contribution in [1.29, 1.82) is 0 Å². The van der Waals surface area contributed by atoms with Gasteiger partial charge in [0.15, 0.2) is 0 Å². The molecule has 0 spiro atoms. The number of hydrogen-bond donors (Lipinski definition) is 7. The Morgan fingerprint density at radius 2 is 1.83 bits per heavy atom. The first-order valence-electron chi connectivity index (χ1n) is 7.73. The lowest BCUT2D eigenvalue weighted by atomic mass is 10.2. The van der Waals surface area contributed by atoms with E-state index in [9.17, 15) is 33.6 Å². The van der Waals surface area contributed by atoms with Gasteiger partial charge in [-0.15, -0.1) is 0 Å². The predicted octanol–water partition coefficient (Wildman–Crippen LogP) is -1.69. The number of rotatable bonds is 9. The average Bonchev–Trinajstić information content (AvgIpc) is 2.90. The van der Waals surface area contributed by atoms with Gasteiger partial charge in [0.25, 0.3) is 0 Å². The number of nitrogens with two attached hydrogens (primary N) is 1. The quantitative estimate of drug-likeness (QED) is 0.187. The molecule has 17 nitrogen and oxygen atoms in total. The molecule has 0 aliphatic carbocycles. The van der Waals surface area contributed by atoms with E-state index in [1.807, 2.05) is 0 Å². The van der Waals surface area contributed by atoms with Crippen LogP contribution in [0.2, 0.25) is 0 Å². The Morgan fingerprint density at radius 1 is 1.20 bits per heavy atom. The Morgan fingerprint density at radius 3 is 2.40 bits per heavy atom. The number of nitrogen functional groups attached to an aromatic ring is 1. The zero-order valence-corrected chi connectivity index (χ0v) is 17.4. The fourth-order valence-corrected chi connectivity index (χ4v) is 5.39. The third-order valence-corrected chi connectivity index (χ3v) is 7.37. The molecule has 2 heterocycles. The van der Waals surface area contributed by atoms with E-state index in [1.54, 1.807) is 0 Å². The van der Waals surface area contributed by atoms with Crippen LogP contribution >= 0.6 is 23.5 Å². The fourth-order valence-electron chi connectivity index (χ4n) is 2.36. The summed E-state index contributed by atoms with van der Waals surface area (Å²) in [6.45, 7) is -1.44. The molecule has 0 amide bonds. The van der Waals surface area contributed by atoms with Crippen LogP contribution in [-0.4, -0.2) is 58.2 Å². The van der Waals surface area contributed by atoms with Crippen LogP contribution in [0, 0.1) is 0 Å². The van der Waals surface area contributed by atoms with E-state index in [0.29, 0.717) is 0 Å². The SMILES string of the molecule is Nc1nc(=O)n([C@H]2CC(O)[C@@H](COP(=O)(O)OP(=O)(O)OP(=O)(O)O)O2)cc1CO. The van der Waals surface area contributed by atoms with E-state index in [-0.39, 0.29) is 17.8 Å². The third kappa shape index (κ3) is 7.00. The first-order valence-corrected chi connectivity index (χ1v) is 12.2. The molecular formula is C10H18N3O14P3. The number of aliphatic hydroxyl groups is 2. The highest BCUT2D eigenvalue weighted by molar-refractivity contribution is 7.66. The Kier molecular flexibility index (Phi) is 7.76. The molecule has 0 saturated carbocycles. The van der Waals surface area contributed by atoms with Gasteiger partial charge in [-0.3, -0.25) is 9.09 Å². The summed E-state index contributed by atoms with van der Waals surface area (Å²) in [5.74, 6) is -0.207. The van der Waals surface area contributed by atoms with Crippen LogP contribution in [-0.2, 0) is 38.2 Å². The number of aromatic nitrogens is 2. The van der Waals surface area contributed by atoms with Crippen molar-refractivity contribution < 1.29 is 61.4 Å². The molecule has 1 fully saturated rings. The normalized spacial score (nSPS) is 26.3. The summed E-state index contributed by atoms with van der Waals surface area (Å²) in [5, 5.41) is 19.2. The maximum Gasteiger partial charge on any atom is 0.490 e. The van der Waals surface area contributed by atoms with Crippen LogP contribution in [0.15, 0.2) is 11.0 Å². The second-order valence-corrected chi connectivity index (χ2v) is 10.2. The maximum absolute atomic E-state index is 12.0. The van der Waals surface area contributed by atoms with Gasteiger partial charge in [-0.2, -0.15) is 13.6 Å². The van der Waals surface area contributed by atoms with Gasteiger partial charge < -0.3 is 40.3 Å². The molecule has 2 rings (SSSR count). The molecule has 20 heteroatoms. The van der Waals surface area contributed by atoms with E-state index in [4.69, 9.17) is 25.2 Å². The molecule has 1 aliphatic rings. The number of phosphoric acid groups is 3. The van der Waals surface area contributed by atoms with Crippen LogP contribution in [0.3, 0.4) is 0 Å². The van der Waals surface area contributed by atoms with Crippen molar-refractivity contribution in [3.05, 3.63) is 22.2 Å². The minimum Gasteiger partial charge on any atom is -0.391 e. The maximum atomic E-state index is 12.0. The van der Waals surface area contributed by atoms with E-state index in [0.717, 1.165) is 10.8 Å². The van der Waals surface area contributed by atoms with Crippen LogP contribution < -0.4 is 11.4 Å². The first kappa shape index (κ1) is 25.2. The monoisotopic (exact) mass is 497 g/mol. The van der Waals surface area contributed by atoms with Crippen molar-refractivity contribution in [2.75, 3.05) is 12.3 Å². The van der Waals surface area contributed by atoms with Gasteiger partial charge in [0.05, 0.1) is 19.3 Å². The Balaban J connectivity index is 2.04. The molecule has 30 heavy (non-hydrogen) atoms. The van der Waals surface area contributed by atoms with Crippen LogP contribution in [0.4, 0.5) is 5.82 Å². The minimum absolute atomic E-state index is 0.101. The molecule has 8 N–H and O–H groups in total. The average molecular weight is 497 g/mol. The molecular weight excluding hydrogens is 479 g/mol. The number of phosphoric ester groups is 1. The summed E-state index contributed by atoms with van der Waals surface area (Å²) in [7, 11) is -16.6. The minimum atomic E-state index is -5.69. The number of hydrogen-bond acceptors (Lipinski definition) is 12. The van der Waals surface area contributed by atoms with Crippen LogP contribution in [0.1, 0.15) is 18.2 Å². The van der Waals surface area contributed by atoms with Gasteiger partial charge in [-0.05, 0) is 0 Å². The predicted molar refractivity (Wildman–Crippen MR) is 93.2 cm³/mol. The Bertz CT molecular complexity index is 976. The number of anilines is 1. The zero-order valence-electron chi connectivity index (χ0n) is 14.7. The van der Waals surface area contributed by atoms with Gasteiger partial charge in [-0.1, -0.05) is 0 Å². The Hall–Kier alpha value is -1.03. The van der Waals surface area contributed by atoms with Crippen LogP contribution in [0.25, 0.3) is 0 Å². The van der Waals surface area contributed by atoms with Gasteiger partial charge in [-0.25, -0.2) is 18.5 Å². The molecule has 3 unspecified atom stereocenters. The van der Waals surface area contributed by atoms with E-state index < -0.39 is 60.8 Å². The molecule has 0 radical (unpaired) electrons. The topological polar surface area (TPSA) is 270 Å². The lowest BCUT2D eigenvalue weighted by Gasteiger charge is -2.19. The summed E-state index contributed by atoms with van der Waals surface area (Å²) in [6, 6.07) is 0. The molecule has 172 valence electrons. The number of aliphatic hydroxyl groups excluding tert-OH is 2. The molecule has 0 aromatic carbocycles. The molecule has 1 aromatic rings. The second kappa shape index (κ2) is 9.22. The molecule has 0 bridgehead atoms. The van der Waals surface area contributed by atoms with Gasteiger partial charge >= 0.3 is 29.2 Å². The highest BCUT2D eigenvalue weighted by Gasteiger charge is 2.43. The van der Waals surface area contributed by atoms with Crippen molar-refractivity contribution in [3.63, 3.8) is 0 Å². The summed E-state index contributed by atoms with van der Waals surface area (Å²) in [4.78, 5) is 50.8.